The van der Waals surface area contributed by atoms with Crippen LogP contribution in [0.4, 0.5) is 0 Å². The number of ether oxygens (including phenoxy) is 4. The number of rotatable bonds is 14. The highest BCUT2D eigenvalue weighted by Gasteiger charge is 2.39. The third kappa shape index (κ3) is 8.58. The zero-order valence-electron chi connectivity index (χ0n) is 22.3. The molecular formula is C28H32O7. The Balaban J connectivity index is 1.83. The number of hydrogen-bond acceptors (Lipinski definition) is 7. The van der Waals surface area contributed by atoms with E-state index in [1.165, 1.54) is 0 Å². The van der Waals surface area contributed by atoms with Crippen molar-refractivity contribution in [2.75, 3.05) is 13.7 Å². The topological polar surface area (TPSA) is 94.5 Å². The fourth-order valence-electron chi connectivity index (χ4n) is 3.18. The zero-order chi connectivity index (χ0) is 27.5. The summed E-state index contributed by atoms with van der Waals surface area (Å²) >= 11 is 0. The average Bonchev–Trinajstić information content (AvgIpc) is 2.97. The van der Waals surface area contributed by atoms with Gasteiger partial charge in [0.2, 0.25) is 0 Å². The molecule has 7 heteroatoms. The standard InChI is InChI=1S/C28H32O7/c1-32-28(31)27(35-19-23-15-9-4-10-16-23)26(34-18-22-13-7-3-8-14-22)25(30)24(29)20-33-17-21-11-5-2-6-12-21/h2-16,24-27,29-30H,17-20H2,1H3/t24-,25-,26+,27-/m1/s1/i17D,18D,19D/t17?,18?,19?,24-,25-,26+,27-. The zero-order valence-corrected chi connectivity index (χ0v) is 19.3. The quantitative estimate of drug-likeness (QED) is 0.340. The predicted molar refractivity (Wildman–Crippen MR) is 130 cm³/mol. The highest BCUT2D eigenvalue weighted by molar-refractivity contribution is 5.75. The molecule has 0 aromatic heterocycles. The molecular weight excluding hydrogens is 448 g/mol. The van der Waals surface area contributed by atoms with Crippen molar-refractivity contribution in [2.24, 2.45) is 0 Å². The SMILES string of the molecule is [2H]C(OC[C@@H](O)[C@@H](O)[C@H](OC([2H])c1ccccc1)[C@@H](OC([2H])c1ccccc1)C(=O)OC)c1ccccc1. The van der Waals surface area contributed by atoms with Gasteiger partial charge in [0.05, 0.1) is 37.6 Å². The minimum atomic E-state index is -1.80. The molecule has 0 aliphatic carbocycles. The van der Waals surface area contributed by atoms with E-state index in [-0.39, 0.29) is 0 Å². The van der Waals surface area contributed by atoms with Crippen LogP contribution in [0.15, 0.2) is 91.0 Å². The lowest BCUT2D eigenvalue weighted by Gasteiger charge is -2.31. The largest absolute Gasteiger partial charge is 0.467 e. The van der Waals surface area contributed by atoms with Crippen molar-refractivity contribution in [3.8, 4) is 0 Å². The van der Waals surface area contributed by atoms with Gasteiger partial charge in [0.25, 0.3) is 0 Å². The Labute approximate surface area is 210 Å². The minimum absolute atomic E-state index is 0.430. The number of carbonyl (C=O) groups is 1. The third-order valence-electron chi connectivity index (χ3n) is 5.06. The Kier molecular flexibility index (Phi) is 9.19. The molecule has 35 heavy (non-hydrogen) atoms. The van der Waals surface area contributed by atoms with Gasteiger partial charge in [0.1, 0.15) is 18.3 Å². The first-order valence-electron chi connectivity index (χ1n) is 12.8. The van der Waals surface area contributed by atoms with Crippen LogP contribution in [0.25, 0.3) is 0 Å². The van der Waals surface area contributed by atoms with Crippen LogP contribution in [0.3, 0.4) is 0 Å². The van der Waals surface area contributed by atoms with Gasteiger partial charge in [0.15, 0.2) is 6.10 Å². The maximum absolute atomic E-state index is 12.8. The van der Waals surface area contributed by atoms with E-state index in [2.05, 4.69) is 0 Å². The number of benzene rings is 3. The second-order valence-electron chi connectivity index (χ2n) is 7.66. The number of esters is 1. The number of carbonyl (C=O) groups excluding carboxylic acids is 1. The van der Waals surface area contributed by atoms with Crippen molar-refractivity contribution >= 4 is 5.97 Å². The molecule has 0 saturated heterocycles. The molecule has 3 unspecified atom stereocenters. The van der Waals surface area contributed by atoms with E-state index in [1.54, 1.807) is 91.0 Å². The van der Waals surface area contributed by atoms with E-state index < -0.39 is 56.7 Å². The number of aliphatic hydroxyl groups is 2. The lowest BCUT2D eigenvalue weighted by atomic mass is 10.0. The highest BCUT2D eigenvalue weighted by Crippen LogP contribution is 2.19. The van der Waals surface area contributed by atoms with Crippen molar-refractivity contribution in [1.82, 2.24) is 0 Å². The Morgan fingerprint density at radius 2 is 1.23 bits per heavy atom. The highest BCUT2D eigenvalue weighted by atomic mass is 16.6. The van der Waals surface area contributed by atoms with Crippen LogP contribution in [0, 0.1) is 0 Å². The van der Waals surface area contributed by atoms with Crippen molar-refractivity contribution < 1.29 is 38.1 Å². The molecule has 2 N–H and O–H groups in total. The first kappa shape index (κ1) is 22.4. The van der Waals surface area contributed by atoms with Crippen molar-refractivity contribution in [2.45, 2.75) is 44.2 Å². The fourth-order valence-corrected chi connectivity index (χ4v) is 3.18. The van der Waals surface area contributed by atoms with Crippen LogP contribution in [-0.2, 0) is 43.5 Å². The number of methoxy groups -OCH3 is 1. The van der Waals surface area contributed by atoms with Crippen molar-refractivity contribution in [1.29, 1.82) is 0 Å². The van der Waals surface area contributed by atoms with Gasteiger partial charge >= 0.3 is 5.97 Å². The van der Waals surface area contributed by atoms with E-state index in [0.29, 0.717) is 16.7 Å². The second-order valence-corrected chi connectivity index (χ2v) is 7.66. The van der Waals surface area contributed by atoms with Gasteiger partial charge in [-0.2, -0.15) is 0 Å². The van der Waals surface area contributed by atoms with Crippen LogP contribution in [-0.4, -0.2) is 54.3 Å². The van der Waals surface area contributed by atoms with E-state index in [4.69, 9.17) is 23.1 Å². The Morgan fingerprint density at radius 1 is 0.771 bits per heavy atom. The van der Waals surface area contributed by atoms with E-state index >= 15 is 0 Å². The molecule has 0 radical (unpaired) electrons. The molecule has 0 heterocycles. The Morgan fingerprint density at radius 3 is 1.71 bits per heavy atom. The lowest BCUT2D eigenvalue weighted by Crippen LogP contribution is -2.51. The van der Waals surface area contributed by atoms with Gasteiger partial charge in [-0.25, -0.2) is 4.79 Å². The smallest absolute Gasteiger partial charge is 0.337 e. The van der Waals surface area contributed by atoms with Crippen molar-refractivity contribution in [3.63, 3.8) is 0 Å². The first-order chi connectivity index (χ1) is 18.3. The van der Waals surface area contributed by atoms with Crippen LogP contribution >= 0.6 is 0 Å². The molecule has 3 aromatic rings. The van der Waals surface area contributed by atoms with Gasteiger partial charge in [0, 0.05) is 0 Å². The summed E-state index contributed by atoms with van der Waals surface area (Å²) in [5, 5.41) is 21.9. The Hall–Kier alpha value is -3.07. The molecule has 0 saturated carbocycles. The molecule has 0 fully saturated rings. The van der Waals surface area contributed by atoms with E-state index in [9.17, 15) is 15.0 Å². The molecule has 0 spiro atoms. The second kappa shape index (κ2) is 14.4. The summed E-state index contributed by atoms with van der Waals surface area (Å²) in [5.41, 5.74) is 1.41. The first-order valence-corrected chi connectivity index (χ1v) is 11.1. The molecule has 0 amide bonds. The van der Waals surface area contributed by atoms with Gasteiger partial charge in [-0.15, -0.1) is 0 Å². The monoisotopic (exact) mass is 483 g/mol. The fraction of sp³-hybridized carbons (Fsp3) is 0.321. The van der Waals surface area contributed by atoms with E-state index in [1.807, 2.05) is 0 Å². The third-order valence-corrected chi connectivity index (χ3v) is 5.06. The molecule has 0 aliphatic rings. The molecule has 186 valence electrons. The van der Waals surface area contributed by atoms with Crippen LogP contribution < -0.4 is 0 Å². The summed E-state index contributed by atoms with van der Waals surface area (Å²) in [7, 11) is 1.11. The summed E-state index contributed by atoms with van der Waals surface area (Å²) in [5.74, 6) is -0.960. The van der Waals surface area contributed by atoms with Crippen molar-refractivity contribution in [3.05, 3.63) is 108 Å². The van der Waals surface area contributed by atoms with E-state index in [0.717, 1.165) is 7.11 Å². The number of hydrogen-bond donors (Lipinski definition) is 2. The van der Waals surface area contributed by atoms with Crippen LogP contribution in [0.2, 0.25) is 0 Å². The molecule has 7 atom stereocenters. The minimum Gasteiger partial charge on any atom is -0.467 e. The molecule has 0 aliphatic heterocycles. The molecule has 7 nitrogen and oxygen atoms in total. The summed E-state index contributed by atoms with van der Waals surface area (Å²) in [6.45, 7) is -4.33. The summed E-state index contributed by atoms with van der Waals surface area (Å²) in [4.78, 5) is 12.8. The molecule has 3 aromatic carbocycles. The lowest BCUT2D eigenvalue weighted by molar-refractivity contribution is -0.190. The van der Waals surface area contributed by atoms with Gasteiger partial charge < -0.3 is 29.2 Å². The van der Waals surface area contributed by atoms with Crippen LogP contribution in [0.5, 0.6) is 0 Å². The van der Waals surface area contributed by atoms with Gasteiger partial charge in [-0.3, -0.25) is 0 Å². The molecule has 3 rings (SSSR count). The maximum Gasteiger partial charge on any atom is 0.337 e. The van der Waals surface area contributed by atoms with Gasteiger partial charge in [-0.05, 0) is 16.7 Å². The predicted octanol–water partition coefficient (Wildman–Crippen LogP) is 3.27. The normalized spacial score (nSPS) is 18.5. The number of aliphatic hydroxyl groups excluding tert-OH is 2. The van der Waals surface area contributed by atoms with Crippen LogP contribution in [0.1, 0.15) is 20.8 Å². The van der Waals surface area contributed by atoms with Gasteiger partial charge in [-0.1, -0.05) is 91.0 Å². The molecule has 0 bridgehead atoms. The Bertz CT molecular complexity index is 1090. The average molecular weight is 484 g/mol. The maximum atomic E-state index is 12.8. The summed E-state index contributed by atoms with van der Waals surface area (Å²) in [6, 6.07) is 25.6. The summed E-state index contributed by atoms with van der Waals surface area (Å²) < 4.78 is 46.8. The summed E-state index contributed by atoms with van der Waals surface area (Å²) in [6.07, 6.45) is -6.73.